The lowest BCUT2D eigenvalue weighted by Gasteiger charge is -2.40. The average Bonchev–Trinajstić information content (AvgIpc) is 2.13. The van der Waals surface area contributed by atoms with Gasteiger partial charge in [0.2, 0.25) is 0 Å². The van der Waals surface area contributed by atoms with E-state index in [-0.39, 0.29) is 11.6 Å². The van der Waals surface area contributed by atoms with Crippen LogP contribution in [0.1, 0.15) is 19.3 Å². The SMILES string of the molecule is O=C1NCC2(CCCCN2)CO1. The molecule has 68 valence electrons. The van der Waals surface area contributed by atoms with Gasteiger partial charge in [0.25, 0.3) is 0 Å². The Morgan fingerprint density at radius 2 is 2.33 bits per heavy atom. The van der Waals surface area contributed by atoms with Gasteiger partial charge >= 0.3 is 6.09 Å². The Hall–Kier alpha value is -0.770. The fourth-order valence-corrected chi connectivity index (χ4v) is 1.85. The van der Waals surface area contributed by atoms with Crippen molar-refractivity contribution in [3.05, 3.63) is 0 Å². The first kappa shape index (κ1) is 7.86. The molecule has 1 amide bonds. The van der Waals surface area contributed by atoms with E-state index < -0.39 is 0 Å². The Bertz CT molecular complexity index is 175. The Balaban J connectivity index is 1.96. The molecule has 4 nitrogen and oxygen atoms in total. The Labute approximate surface area is 71.7 Å². The molecule has 0 aromatic carbocycles. The van der Waals surface area contributed by atoms with Crippen LogP contribution in [0.25, 0.3) is 0 Å². The molecule has 0 bridgehead atoms. The molecule has 2 aliphatic rings. The molecule has 2 saturated heterocycles. The maximum Gasteiger partial charge on any atom is 0.407 e. The van der Waals surface area contributed by atoms with Crippen molar-refractivity contribution < 1.29 is 9.53 Å². The number of nitrogens with one attached hydrogen (secondary N) is 2. The van der Waals surface area contributed by atoms with E-state index in [1.807, 2.05) is 0 Å². The quantitative estimate of drug-likeness (QED) is 0.547. The number of alkyl carbamates (subject to hydrolysis) is 1. The highest BCUT2D eigenvalue weighted by Gasteiger charge is 2.36. The molecule has 2 heterocycles. The molecule has 2 aliphatic heterocycles. The summed E-state index contributed by atoms with van der Waals surface area (Å²) in [4.78, 5) is 10.7. The molecule has 0 aromatic heterocycles. The van der Waals surface area contributed by atoms with Gasteiger partial charge in [-0.15, -0.1) is 0 Å². The van der Waals surface area contributed by atoms with Crippen LogP contribution in [0.5, 0.6) is 0 Å². The number of ether oxygens (including phenoxy) is 1. The Morgan fingerprint density at radius 3 is 2.92 bits per heavy atom. The van der Waals surface area contributed by atoms with Gasteiger partial charge in [0.05, 0.1) is 5.54 Å². The van der Waals surface area contributed by atoms with Crippen molar-refractivity contribution in [1.29, 1.82) is 0 Å². The summed E-state index contributed by atoms with van der Waals surface area (Å²) in [5, 5.41) is 6.13. The summed E-state index contributed by atoms with van der Waals surface area (Å²) in [6, 6.07) is 0. The van der Waals surface area contributed by atoms with Crippen LogP contribution in [0, 0.1) is 0 Å². The van der Waals surface area contributed by atoms with Gasteiger partial charge in [-0.1, -0.05) is 6.42 Å². The Morgan fingerprint density at radius 1 is 1.42 bits per heavy atom. The van der Waals surface area contributed by atoms with E-state index in [1.54, 1.807) is 0 Å². The van der Waals surface area contributed by atoms with E-state index in [2.05, 4.69) is 10.6 Å². The molecule has 0 saturated carbocycles. The van der Waals surface area contributed by atoms with Crippen molar-refractivity contribution in [2.75, 3.05) is 19.7 Å². The number of piperidine rings is 1. The minimum atomic E-state index is -0.284. The van der Waals surface area contributed by atoms with Gasteiger partial charge in [0.1, 0.15) is 6.61 Å². The van der Waals surface area contributed by atoms with Gasteiger partial charge in [-0.3, -0.25) is 0 Å². The van der Waals surface area contributed by atoms with Crippen molar-refractivity contribution in [2.24, 2.45) is 0 Å². The first-order valence-electron chi connectivity index (χ1n) is 4.46. The van der Waals surface area contributed by atoms with E-state index in [4.69, 9.17) is 4.74 Å². The molecule has 1 unspecified atom stereocenters. The third-order valence-electron chi connectivity index (χ3n) is 2.63. The predicted molar refractivity (Wildman–Crippen MR) is 43.9 cm³/mol. The van der Waals surface area contributed by atoms with Crippen LogP contribution in [0.2, 0.25) is 0 Å². The average molecular weight is 170 g/mol. The zero-order valence-electron chi connectivity index (χ0n) is 7.06. The second-order valence-corrected chi connectivity index (χ2v) is 3.59. The van der Waals surface area contributed by atoms with Crippen molar-refractivity contribution in [3.63, 3.8) is 0 Å². The zero-order chi connectivity index (χ0) is 8.44. The molecule has 2 rings (SSSR count). The second-order valence-electron chi connectivity index (χ2n) is 3.59. The first-order chi connectivity index (χ1) is 5.81. The van der Waals surface area contributed by atoms with Gasteiger partial charge < -0.3 is 15.4 Å². The minimum absolute atomic E-state index is 0.0339. The van der Waals surface area contributed by atoms with E-state index in [1.165, 1.54) is 12.8 Å². The van der Waals surface area contributed by atoms with Crippen molar-refractivity contribution in [2.45, 2.75) is 24.8 Å². The lowest BCUT2D eigenvalue weighted by molar-refractivity contribution is 0.0606. The van der Waals surface area contributed by atoms with Gasteiger partial charge in [-0.2, -0.15) is 0 Å². The maximum absolute atomic E-state index is 10.7. The van der Waals surface area contributed by atoms with Crippen LogP contribution in [0.4, 0.5) is 4.79 Å². The predicted octanol–water partition coefficient (Wildman–Crippen LogP) is 0.238. The van der Waals surface area contributed by atoms with Gasteiger partial charge in [-0.05, 0) is 19.4 Å². The highest BCUT2D eigenvalue weighted by molar-refractivity contribution is 5.68. The van der Waals surface area contributed by atoms with Crippen LogP contribution >= 0.6 is 0 Å². The molecule has 2 fully saturated rings. The third kappa shape index (κ3) is 1.39. The van der Waals surface area contributed by atoms with Crippen LogP contribution in [0.3, 0.4) is 0 Å². The van der Waals surface area contributed by atoms with Crippen LogP contribution < -0.4 is 10.6 Å². The molecule has 12 heavy (non-hydrogen) atoms. The maximum atomic E-state index is 10.7. The molecule has 4 heteroatoms. The van der Waals surface area contributed by atoms with Gasteiger partial charge in [-0.25, -0.2) is 4.79 Å². The van der Waals surface area contributed by atoms with E-state index in [0.29, 0.717) is 13.2 Å². The van der Waals surface area contributed by atoms with E-state index >= 15 is 0 Å². The summed E-state index contributed by atoms with van der Waals surface area (Å²) in [5.74, 6) is 0. The molecular formula is C8H14N2O2. The lowest BCUT2D eigenvalue weighted by atomic mass is 9.89. The second kappa shape index (κ2) is 2.94. The van der Waals surface area contributed by atoms with Crippen molar-refractivity contribution in [1.82, 2.24) is 10.6 Å². The lowest BCUT2D eigenvalue weighted by Crippen LogP contribution is -2.62. The third-order valence-corrected chi connectivity index (χ3v) is 2.63. The number of hydrogen-bond acceptors (Lipinski definition) is 3. The van der Waals surface area contributed by atoms with Crippen molar-refractivity contribution >= 4 is 6.09 Å². The van der Waals surface area contributed by atoms with Crippen molar-refractivity contribution in [3.8, 4) is 0 Å². The summed E-state index contributed by atoms with van der Waals surface area (Å²) in [7, 11) is 0. The summed E-state index contributed by atoms with van der Waals surface area (Å²) in [6.07, 6.45) is 3.28. The van der Waals surface area contributed by atoms with Gasteiger partial charge in [0, 0.05) is 6.54 Å². The number of hydrogen-bond donors (Lipinski definition) is 2. The monoisotopic (exact) mass is 170 g/mol. The minimum Gasteiger partial charge on any atom is -0.448 e. The fraction of sp³-hybridized carbons (Fsp3) is 0.875. The smallest absolute Gasteiger partial charge is 0.407 e. The van der Waals surface area contributed by atoms with Crippen LogP contribution in [-0.2, 0) is 4.74 Å². The molecule has 0 aromatic rings. The normalized spacial score (nSPS) is 35.8. The number of carbonyl (C=O) groups is 1. The fourth-order valence-electron chi connectivity index (χ4n) is 1.85. The van der Waals surface area contributed by atoms with Crippen LogP contribution in [0.15, 0.2) is 0 Å². The highest BCUT2D eigenvalue weighted by Crippen LogP contribution is 2.21. The van der Waals surface area contributed by atoms with E-state index in [9.17, 15) is 4.79 Å². The van der Waals surface area contributed by atoms with Gasteiger partial charge in [0.15, 0.2) is 0 Å². The largest absolute Gasteiger partial charge is 0.448 e. The number of rotatable bonds is 0. The zero-order valence-corrected chi connectivity index (χ0v) is 7.06. The molecule has 2 N–H and O–H groups in total. The number of carbonyl (C=O) groups excluding carboxylic acids is 1. The summed E-state index contributed by atoms with van der Waals surface area (Å²) >= 11 is 0. The van der Waals surface area contributed by atoms with Crippen LogP contribution in [-0.4, -0.2) is 31.3 Å². The first-order valence-corrected chi connectivity index (χ1v) is 4.46. The molecular weight excluding hydrogens is 156 g/mol. The summed E-state index contributed by atoms with van der Waals surface area (Å²) < 4.78 is 4.96. The summed E-state index contributed by atoms with van der Waals surface area (Å²) in [6.45, 7) is 2.28. The molecule has 1 atom stereocenters. The number of amides is 1. The summed E-state index contributed by atoms with van der Waals surface area (Å²) in [5.41, 5.74) is 0.0339. The van der Waals surface area contributed by atoms with E-state index in [0.717, 1.165) is 13.0 Å². The molecule has 0 radical (unpaired) electrons. The standard InChI is InChI=1S/C8H14N2O2/c11-7-9-5-8(6-12-7)3-1-2-4-10-8/h10H,1-6H2,(H,9,11). The number of cyclic esters (lactones) is 1. The molecule has 1 spiro atoms. The topological polar surface area (TPSA) is 50.4 Å². The highest BCUT2D eigenvalue weighted by atomic mass is 16.6. The Kier molecular flexibility index (Phi) is 1.92. The molecule has 0 aliphatic carbocycles.